The number of nitrogens with one attached hydrogen (secondary N) is 1. The minimum atomic E-state index is -0.775. The summed E-state index contributed by atoms with van der Waals surface area (Å²) in [6.45, 7) is 1.79. The molecule has 3 atom stereocenters. The van der Waals surface area contributed by atoms with Crippen LogP contribution in [0, 0.1) is 11.8 Å². The van der Waals surface area contributed by atoms with E-state index < -0.39 is 5.60 Å². The zero-order chi connectivity index (χ0) is 19.0. The molecule has 0 bridgehead atoms. The number of hydrogen-bond donors (Lipinski definition) is 2. The maximum atomic E-state index is 11.9. The van der Waals surface area contributed by atoms with E-state index in [2.05, 4.69) is 78.1 Å². The second kappa shape index (κ2) is 7.95. The summed E-state index contributed by atoms with van der Waals surface area (Å²) in [6.07, 6.45) is 1.71. The van der Waals surface area contributed by atoms with Gasteiger partial charge in [-0.05, 0) is 42.0 Å². The Bertz CT molecular complexity index is 891. The van der Waals surface area contributed by atoms with E-state index in [9.17, 15) is 5.11 Å². The van der Waals surface area contributed by atoms with Gasteiger partial charge in [0.1, 0.15) is 0 Å². The Kier molecular flexibility index (Phi) is 5.52. The van der Waals surface area contributed by atoms with Gasteiger partial charge < -0.3 is 10.4 Å². The molecule has 1 aliphatic carbocycles. The summed E-state index contributed by atoms with van der Waals surface area (Å²) >= 11 is 0. The predicted octanol–water partition coefficient (Wildman–Crippen LogP) is 4.91. The van der Waals surface area contributed by atoms with Gasteiger partial charge in [0.15, 0.2) is 0 Å². The van der Waals surface area contributed by atoms with Crippen molar-refractivity contribution in [1.82, 2.24) is 5.32 Å². The number of rotatable bonds is 3. The van der Waals surface area contributed by atoms with E-state index in [-0.39, 0.29) is 23.7 Å². The first-order valence-electron chi connectivity index (χ1n) is 10.3. The number of aliphatic hydroxyl groups is 1. The van der Waals surface area contributed by atoms with Crippen LogP contribution in [0.15, 0.2) is 91.0 Å². The highest BCUT2D eigenvalue weighted by Crippen LogP contribution is 2.57. The average Bonchev–Trinajstić information content (AvgIpc) is 3.28. The lowest BCUT2D eigenvalue weighted by Gasteiger charge is -2.53. The number of benzene rings is 3. The second-order valence-corrected chi connectivity index (χ2v) is 8.36. The molecular formula is C26H28ClNO. The van der Waals surface area contributed by atoms with Gasteiger partial charge in [0.05, 0.1) is 5.60 Å². The maximum Gasteiger partial charge on any atom is 0.0940 e. The smallest absolute Gasteiger partial charge is 0.0940 e. The molecule has 150 valence electrons. The van der Waals surface area contributed by atoms with Gasteiger partial charge in [-0.2, -0.15) is 0 Å². The summed E-state index contributed by atoms with van der Waals surface area (Å²) in [5.41, 5.74) is 2.95. The lowest BCUT2D eigenvalue weighted by molar-refractivity contribution is -0.0834. The summed E-state index contributed by atoms with van der Waals surface area (Å²) in [5, 5.41) is 15.5. The lowest BCUT2D eigenvalue weighted by Crippen LogP contribution is -2.53. The molecule has 2 aliphatic rings. The maximum absolute atomic E-state index is 11.9. The van der Waals surface area contributed by atoms with Gasteiger partial charge in [-0.3, -0.25) is 0 Å². The molecule has 3 aromatic rings. The molecule has 3 heteroatoms. The molecule has 0 amide bonds. The molecule has 29 heavy (non-hydrogen) atoms. The van der Waals surface area contributed by atoms with Crippen LogP contribution in [-0.2, 0) is 11.0 Å². The Balaban J connectivity index is 0.00000205. The normalized spacial score (nSPS) is 27.6. The van der Waals surface area contributed by atoms with Gasteiger partial charge in [-0.15, -0.1) is 12.4 Å². The zero-order valence-electron chi connectivity index (χ0n) is 16.5. The fraction of sp³-hybridized carbons (Fsp3) is 0.308. The van der Waals surface area contributed by atoms with Crippen molar-refractivity contribution in [3.8, 4) is 0 Å². The molecule has 1 saturated carbocycles. The van der Waals surface area contributed by atoms with Crippen LogP contribution in [0.1, 0.15) is 29.5 Å². The van der Waals surface area contributed by atoms with E-state index in [1.165, 1.54) is 11.1 Å². The second-order valence-electron chi connectivity index (χ2n) is 8.36. The first kappa shape index (κ1) is 20.2. The van der Waals surface area contributed by atoms with Crippen LogP contribution in [0.4, 0.5) is 0 Å². The molecule has 1 heterocycles. The van der Waals surface area contributed by atoms with Crippen molar-refractivity contribution in [1.29, 1.82) is 0 Å². The summed E-state index contributed by atoms with van der Waals surface area (Å²) < 4.78 is 0. The van der Waals surface area contributed by atoms with Crippen molar-refractivity contribution in [2.75, 3.05) is 13.1 Å². The van der Waals surface area contributed by atoms with Crippen LogP contribution in [-0.4, -0.2) is 18.2 Å². The fourth-order valence-corrected chi connectivity index (χ4v) is 5.90. The quantitative estimate of drug-likeness (QED) is 0.648. The molecule has 3 aromatic carbocycles. The Morgan fingerprint density at radius 2 is 1.07 bits per heavy atom. The van der Waals surface area contributed by atoms with Crippen LogP contribution in [0.2, 0.25) is 0 Å². The van der Waals surface area contributed by atoms with Crippen molar-refractivity contribution in [3.05, 3.63) is 108 Å². The van der Waals surface area contributed by atoms with Crippen LogP contribution in [0.5, 0.6) is 0 Å². The highest BCUT2D eigenvalue weighted by molar-refractivity contribution is 5.85. The Labute approximate surface area is 179 Å². The molecule has 0 aromatic heterocycles. The summed E-state index contributed by atoms with van der Waals surface area (Å²) in [6, 6.07) is 32.2. The van der Waals surface area contributed by atoms with Crippen molar-refractivity contribution < 1.29 is 5.11 Å². The minimum Gasteiger partial charge on any atom is -0.385 e. The Morgan fingerprint density at radius 3 is 1.59 bits per heavy atom. The topological polar surface area (TPSA) is 32.3 Å². The molecule has 2 fully saturated rings. The van der Waals surface area contributed by atoms with Crippen molar-refractivity contribution in [2.45, 2.75) is 23.9 Å². The standard InChI is InChI=1S/C26H27NO.ClH/c28-26(22-14-8-3-9-15-22)17-16-25(20-10-4-1-5-11-20,21-12-6-2-7-13-21)23-18-27-19-24(23)26;/h1-15,23-24,27-28H,16-19H2;1H/t23-,24?,26?;/m0./s1. The first-order chi connectivity index (χ1) is 13.7. The van der Waals surface area contributed by atoms with Gasteiger partial charge in [-0.1, -0.05) is 91.0 Å². The minimum absolute atomic E-state index is 0. The lowest BCUT2D eigenvalue weighted by atomic mass is 9.52. The fourth-order valence-electron chi connectivity index (χ4n) is 5.90. The summed E-state index contributed by atoms with van der Waals surface area (Å²) in [4.78, 5) is 0. The van der Waals surface area contributed by atoms with Gasteiger partial charge in [0, 0.05) is 17.9 Å². The first-order valence-corrected chi connectivity index (χ1v) is 10.3. The average molecular weight is 406 g/mol. The van der Waals surface area contributed by atoms with Gasteiger partial charge in [0.2, 0.25) is 0 Å². The summed E-state index contributed by atoms with van der Waals surface area (Å²) in [5.74, 6) is 0.528. The summed E-state index contributed by atoms with van der Waals surface area (Å²) in [7, 11) is 0. The van der Waals surface area contributed by atoms with E-state index in [1.807, 2.05) is 18.2 Å². The van der Waals surface area contributed by atoms with Crippen LogP contribution in [0.3, 0.4) is 0 Å². The van der Waals surface area contributed by atoms with Crippen molar-refractivity contribution in [3.63, 3.8) is 0 Å². The molecular weight excluding hydrogens is 378 g/mol. The molecule has 2 N–H and O–H groups in total. The molecule has 0 radical (unpaired) electrons. The number of halogens is 1. The molecule has 1 aliphatic heterocycles. The van der Waals surface area contributed by atoms with Gasteiger partial charge in [-0.25, -0.2) is 0 Å². The molecule has 1 saturated heterocycles. The molecule has 0 spiro atoms. The van der Waals surface area contributed by atoms with Crippen LogP contribution < -0.4 is 5.32 Å². The third-order valence-electron chi connectivity index (χ3n) is 7.21. The van der Waals surface area contributed by atoms with Crippen LogP contribution >= 0.6 is 12.4 Å². The van der Waals surface area contributed by atoms with Crippen LogP contribution in [0.25, 0.3) is 0 Å². The van der Waals surface area contributed by atoms with E-state index in [1.54, 1.807) is 0 Å². The van der Waals surface area contributed by atoms with Gasteiger partial charge in [0.25, 0.3) is 0 Å². The molecule has 5 rings (SSSR count). The van der Waals surface area contributed by atoms with Crippen molar-refractivity contribution >= 4 is 12.4 Å². The largest absolute Gasteiger partial charge is 0.385 e. The van der Waals surface area contributed by atoms with E-state index in [0.29, 0.717) is 5.92 Å². The number of fused-ring (bicyclic) bond motifs is 1. The van der Waals surface area contributed by atoms with E-state index in [0.717, 1.165) is 31.5 Å². The Morgan fingerprint density at radius 1 is 0.621 bits per heavy atom. The molecule has 2 nitrogen and oxygen atoms in total. The third kappa shape index (κ3) is 3.11. The highest BCUT2D eigenvalue weighted by Gasteiger charge is 2.58. The SMILES string of the molecule is Cl.OC1(c2ccccc2)CCC(c2ccccc2)(c2ccccc2)[C@H]2CNCC21. The van der Waals surface area contributed by atoms with E-state index >= 15 is 0 Å². The van der Waals surface area contributed by atoms with Gasteiger partial charge >= 0.3 is 0 Å². The molecule has 2 unspecified atom stereocenters. The zero-order valence-corrected chi connectivity index (χ0v) is 17.3. The number of hydrogen-bond acceptors (Lipinski definition) is 2. The van der Waals surface area contributed by atoms with E-state index in [4.69, 9.17) is 0 Å². The monoisotopic (exact) mass is 405 g/mol. The highest BCUT2D eigenvalue weighted by atomic mass is 35.5. The Hall–Kier alpha value is -2.13. The third-order valence-corrected chi connectivity index (χ3v) is 7.21. The van der Waals surface area contributed by atoms with Crippen molar-refractivity contribution in [2.24, 2.45) is 11.8 Å². The predicted molar refractivity (Wildman–Crippen MR) is 120 cm³/mol.